The van der Waals surface area contributed by atoms with Gasteiger partial charge in [-0.3, -0.25) is 4.79 Å². The minimum Gasteiger partial charge on any atom is -0.393 e. The number of aliphatic hydroxyl groups excluding tert-OH is 1. The maximum absolute atomic E-state index is 12.0. The molecule has 0 amide bonds. The Morgan fingerprint density at radius 3 is 2.64 bits per heavy atom. The van der Waals surface area contributed by atoms with Crippen LogP contribution in [0.1, 0.15) is 85.5 Å². The number of ketones is 1. The Bertz CT molecular complexity index is 542. The van der Waals surface area contributed by atoms with Crippen LogP contribution in [-0.2, 0) is 4.79 Å². The van der Waals surface area contributed by atoms with Crippen LogP contribution in [0.2, 0.25) is 0 Å². The van der Waals surface area contributed by atoms with E-state index in [0.717, 1.165) is 37.5 Å². The van der Waals surface area contributed by atoms with Crippen molar-refractivity contribution in [2.75, 3.05) is 0 Å². The lowest BCUT2D eigenvalue weighted by Gasteiger charge is -2.62. The van der Waals surface area contributed by atoms with Gasteiger partial charge in [-0.05, 0) is 84.9 Å². The molecule has 4 rings (SSSR count). The van der Waals surface area contributed by atoms with Gasteiger partial charge in [0.25, 0.3) is 0 Å². The fraction of sp³-hybridized carbons (Fsp3) is 0.957. The maximum atomic E-state index is 12.0. The highest BCUT2D eigenvalue weighted by molar-refractivity contribution is 5.79. The van der Waals surface area contributed by atoms with Gasteiger partial charge in [-0.2, -0.15) is 0 Å². The lowest BCUT2D eigenvalue weighted by atomic mass is 9.44. The van der Waals surface area contributed by atoms with E-state index in [1.807, 2.05) is 0 Å². The molecule has 0 spiro atoms. The molecule has 0 aromatic rings. The monoisotopic (exact) mass is 346 g/mol. The van der Waals surface area contributed by atoms with Crippen LogP contribution in [0.4, 0.5) is 0 Å². The van der Waals surface area contributed by atoms with Crippen LogP contribution < -0.4 is 0 Å². The van der Waals surface area contributed by atoms with E-state index in [0.29, 0.717) is 34.9 Å². The second-order valence-corrected chi connectivity index (χ2v) is 10.6. The molecule has 142 valence electrons. The fourth-order valence-electron chi connectivity index (χ4n) is 8.25. The summed E-state index contributed by atoms with van der Waals surface area (Å²) >= 11 is 0. The average molecular weight is 347 g/mol. The van der Waals surface area contributed by atoms with Crippen LogP contribution in [-0.4, -0.2) is 17.0 Å². The van der Waals surface area contributed by atoms with Gasteiger partial charge in [-0.15, -0.1) is 0 Å². The standard InChI is InChI=1S/C23H38O2/c1-5-14(2)18-8-9-19-17-7-6-15-12-16(24)10-11-22(15,3)20(17)13-21(25)23(18,19)4/h14-15,17-21,25H,5-13H2,1-4H3/t14-,15-,17+,18-,19+,20+,21+,22+,23-/m1/s1. The molecule has 4 aliphatic rings. The molecule has 0 saturated heterocycles. The van der Waals surface area contributed by atoms with E-state index in [-0.39, 0.29) is 11.5 Å². The van der Waals surface area contributed by atoms with E-state index < -0.39 is 0 Å². The first-order valence-electron chi connectivity index (χ1n) is 11.0. The normalized spacial score (nSPS) is 53.7. The predicted octanol–water partition coefficient (Wildman–Crippen LogP) is 5.23. The highest BCUT2D eigenvalue weighted by atomic mass is 16.3. The molecule has 4 saturated carbocycles. The summed E-state index contributed by atoms with van der Waals surface area (Å²) in [5, 5.41) is 11.4. The van der Waals surface area contributed by atoms with Crippen molar-refractivity contribution in [3.05, 3.63) is 0 Å². The van der Waals surface area contributed by atoms with Gasteiger partial charge in [-0.25, -0.2) is 0 Å². The van der Waals surface area contributed by atoms with Crippen molar-refractivity contribution in [3.63, 3.8) is 0 Å². The zero-order valence-electron chi connectivity index (χ0n) is 16.8. The van der Waals surface area contributed by atoms with Gasteiger partial charge in [0.05, 0.1) is 6.10 Å². The Balaban J connectivity index is 1.65. The average Bonchev–Trinajstić information content (AvgIpc) is 2.95. The van der Waals surface area contributed by atoms with Crippen LogP contribution in [0.5, 0.6) is 0 Å². The van der Waals surface area contributed by atoms with Crippen LogP contribution in [0.15, 0.2) is 0 Å². The number of rotatable bonds is 2. The molecule has 0 aromatic heterocycles. The zero-order chi connectivity index (χ0) is 18.0. The molecular weight excluding hydrogens is 308 g/mol. The smallest absolute Gasteiger partial charge is 0.133 e. The summed E-state index contributed by atoms with van der Waals surface area (Å²) in [6, 6.07) is 0. The number of hydrogen-bond acceptors (Lipinski definition) is 2. The van der Waals surface area contributed by atoms with E-state index in [2.05, 4.69) is 27.7 Å². The molecule has 1 N–H and O–H groups in total. The van der Waals surface area contributed by atoms with E-state index in [1.165, 1.54) is 32.1 Å². The van der Waals surface area contributed by atoms with Crippen molar-refractivity contribution in [3.8, 4) is 0 Å². The number of fused-ring (bicyclic) bond motifs is 5. The minimum atomic E-state index is -0.145. The molecule has 0 unspecified atom stereocenters. The van der Waals surface area contributed by atoms with Gasteiger partial charge >= 0.3 is 0 Å². The van der Waals surface area contributed by atoms with E-state index >= 15 is 0 Å². The van der Waals surface area contributed by atoms with Crippen molar-refractivity contribution in [2.45, 2.75) is 91.6 Å². The van der Waals surface area contributed by atoms with Crippen molar-refractivity contribution in [2.24, 2.45) is 46.3 Å². The molecule has 0 bridgehead atoms. The highest BCUT2D eigenvalue weighted by Crippen LogP contribution is 2.68. The van der Waals surface area contributed by atoms with Crippen molar-refractivity contribution in [1.82, 2.24) is 0 Å². The molecule has 2 heteroatoms. The molecule has 0 radical (unpaired) electrons. The third kappa shape index (κ3) is 2.42. The lowest BCUT2D eigenvalue weighted by Crippen LogP contribution is -2.58. The topological polar surface area (TPSA) is 37.3 Å². The first kappa shape index (κ1) is 18.0. The van der Waals surface area contributed by atoms with Gasteiger partial charge in [-0.1, -0.05) is 34.1 Å². The Morgan fingerprint density at radius 1 is 1.16 bits per heavy atom. The molecule has 4 aliphatic carbocycles. The van der Waals surface area contributed by atoms with Crippen LogP contribution in [0.25, 0.3) is 0 Å². The lowest BCUT2D eigenvalue weighted by molar-refractivity contribution is -0.170. The number of Topliss-reactive ketones (excluding diaryl/α,β-unsaturated/α-hetero) is 1. The summed E-state index contributed by atoms with van der Waals surface area (Å²) in [7, 11) is 0. The minimum absolute atomic E-state index is 0.129. The third-order valence-electron chi connectivity index (χ3n) is 9.99. The SMILES string of the molecule is CC[C@@H](C)[C@H]1CC[C@H]2[C@@H]3CC[C@@H]4CC(=O)CC[C@]4(C)[C@H]3C[C@H](O)[C@]12C. The summed E-state index contributed by atoms with van der Waals surface area (Å²) in [6.45, 7) is 9.62. The summed E-state index contributed by atoms with van der Waals surface area (Å²) in [5.41, 5.74) is 0.428. The molecule has 2 nitrogen and oxygen atoms in total. The van der Waals surface area contributed by atoms with Crippen molar-refractivity contribution < 1.29 is 9.90 Å². The van der Waals surface area contributed by atoms with Crippen molar-refractivity contribution >= 4 is 5.78 Å². The molecule has 9 atom stereocenters. The van der Waals surface area contributed by atoms with Gasteiger partial charge in [0.15, 0.2) is 0 Å². The second kappa shape index (κ2) is 6.08. The molecule has 25 heavy (non-hydrogen) atoms. The molecular formula is C23H38O2. The Kier molecular flexibility index (Phi) is 4.38. The van der Waals surface area contributed by atoms with E-state index in [4.69, 9.17) is 0 Å². The van der Waals surface area contributed by atoms with Gasteiger partial charge in [0.2, 0.25) is 0 Å². The number of carbonyl (C=O) groups is 1. The predicted molar refractivity (Wildman–Crippen MR) is 101 cm³/mol. The van der Waals surface area contributed by atoms with Gasteiger partial charge in [0.1, 0.15) is 5.78 Å². The molecule has 0 aliphatic heterocycles. The first-order valence-corrected chi connectivity index (χ1v) is 11.0. The van der Waals surface area contributed by atoms with Crippen LogP contribution in [0.3, 0.4) is 0 Å². The van der Waals surface area contributed by atoms with E-state index in [1.54, 1.807) is 0 Å². The summed E-state index contributed by atoms with van der Waals surface area (Å²) < 4.78 is 0. The second-order valence-electron chi connectivity index (χ2n) is 10.6. The number of aliphatic hydroxyl groups is 1. The van der Waals surface area contributed by atoms with Crippen LogP contribution >= 0.6 is 0 Å². The Hall–Kier alpha value is -0.370. The Morgan fingerprint density at radius 2 is 1.92 bits per heavy atom. The highest BCUT2D eigenvalue weighted by Gasteiger charge is 2.63. The van der Waals surface area contributed by atoms with Crippen LogP contribution in [0, 0.1) is 46.3 Å². The maximum Gasteiger partial charge on any atom is 0.133 e. The summed E-state index contributed by atoms with van der Waals surface area (Å²) in [6.07, 6.45) is 9.94. The van der Waals surface area contributed by atoms with E-state index in [9.17, 15) is 9.90 Å². The zero-order valence-corrected chi connectivity index (χ0v) is 16.8. The number of carbonyl (C=O) groups excluding carboxylic acids is 1. The molecule has 0 heterocycles. The summed E-state index contributed by atoms with van der Waals surface area (Å²) in [5.74, 6) is 4.62. The quantitative estimate of drug-likeness (QED) is 0.743. The first-order chi connectivity index (χ1) is 11.8. The number of hydrogen-bond donors (Lipinski definition) is 1. The summed E-state index contributed by atoms with van der Waals surface area (Å²) in [4.78, 5) is 12.0. The molecule has 4 fully saturated rings. The van der Waals surface area contributed by atoms with Crippen molar-refractivity contribution in [1.29, 1.82) is 0 Å². The Labute approximate surface area is 154 Å². The van der Waals surface area contributed by atoms with Gasteiger partial charge in [0, 0.05) is 12.8 Å². The third-order valence-corrected chi connectivity index (χ3v) is 9.99. The fourth-order valence-corrected chi connectivity index (χ4v) is 8.25. The van der Waals surface area contributed by atoms with Gasteiger partial charge < -0.3 is 5.11 Å². The molecule has 0 aromatic carbocycles. The largest absolute Gasteiger partial charge is 0.393 e.